The first-order valence-corrected chi connectivity index (χ1v) is 8.76. The number of nitrogens with one attached hydrogen (secondary N) is 2. The van der Waals surface area contributed by atoms with Gasteiger partial charge < -0.3 is 10.1 Å². The van der Waals surface area contributed by atoms with Gasteiger partial charge in [-0.2, -0.15) is 0 Å². The highest BCUT2D eigenvalue weighted by Gasteiger charge is 2.10. The number of hydrogen-bond acceptors (Lipinski definition) is 5. The van der Waals surface area contributed by atoms with E-state index >= 15 is 0 Å². The van der Waals surface area contributed by atoms with E-state index in [1.807, 2.05) is 0 Å². The van der Waals surface area contributed by atoms with Gasteiger partial charge in [0.15, 0.2) is 0 Å². The maximum absolute atomic E-state index is 11.5. The van der Waals surface area contributed by atoms with Crippen LogP contribution in [0.2, 0.25) is 0 Å². The predicted octanol–water partition coefficient (Wildman–Crippen LogP) is 2.00. The molecule has 0 radical (unpaired) electrons. The molecule has 0 aromatic carbocycles. The molecule has 22 heavy (non-hydrogen) atoms. The lowest BCUT2D eigenvalue weighted by atomic mass is 9.97. The molecule has 0 saturated carbocycles. The summed E-state index contributed by atoms with van der Waals surface area (Å²) in [5.74, 6) is -0.608. The van der Waals surface area contributed by atoms with Crippen molar-refractivity contribution in [2.24, 2.45) is 0 Å². The molecule has 2 N–H and O–H groups in total. The Balaban J connectivity index is 2.07. The zero-order valence-electron chi connectivity index (χ0n) is 13.0. The molecule has 7 heteroatoms. The molecule has 1 aliphatic rings. The van der Waals surface area contributed by atoms with E-state index in [1.165, 1.54) is 18.4 Å². The van der Waals surface area contributed by atoms with E-state index in [0.29, 0.717) is 13.2 Å². The number of thioether (sulfide) groups is 1. The van der Waals surface area contributed by atoms with Gasteiger partial charge in [0, 0.05) is 6.54 Å². The predicted molar refractivity (Wildman–Crippen MR) is 86.7 cm³/mol. The van der Waals surface area contributed by atoms with Crippen molar-refractivity contribution in [2.45, 2.75) is 39.0 Å². The van der Waals surface area contributed by atoms with Crippen LogP contribution in [0, 0.1) is 0 Å². The van der Waals surface area contributed by atoms with Gasteiger partial charge in [0.1, 0.15) is 0 Å². The normalized spacial score (nSPS) is 14.0. The molecule has 0 aliphatic heterocycles. The molecule has 0 saturated heterocycles. The molecule has 0 bridgehead atoms. The Bertz CT molecular complexity index is 424. The molecule has 0 spiro atoms. The van der Waals surface area contributed by atoms with Crippen molar-refractivity contribution in [1.29, 1.82) is 0 Å². The topological polar surface area (TPSA) is 84.5 Å². The van der Waals surface area contributed by atoms with Crippen LogP contribution in [0.3, 0.4) is 0 Å². The zero-order chi connectivity index (χ0) is 16.2. The van der Waals surface area contributed by atoms with Crippen molar-refractivity contribution in [3.8, 4) is 0 Å². The summed E-state index contributed by atoms with van der Waals surface area (Å²) in [5, 5.41) is 4.91. The van der Waals surface area contributed by atoms with Crippen LogP contribution in [0.4, 0.5) is 4.79 Å². The van der Waals surface area contributed by atoms with Crippen LogP contribution < -0.4 is 10.6 Å². The molecule has 6 nitrogen and oxygen atoms in total. The lowest BCUT2D eigenvalue weighted by Crippen LogP contribution is -2.40. The maximum atomic E-state index is 11.5. The molecular formula is C15H24N2O4S. The van der Waals surface area contributed by atoms with E-state index in [1.54, 1.807) is 6.92 Å². The highest BCUT2D eigenvalue weighted by atomic mass is 32.2. The van der Waals surface area contributed by atoms with Crippen molar-refractivity contribution in [2.75, 3.05) is 24.7 Å². The number of esters is 1. The number of carbonyl (C=O) groups excluding carboxylic acids is 3. The Kier molecular flexibility index (Phi) is 9.37. The number of urea groups is 1. The third kappa shape index (κ3) is 8.71. The average Bonchev–Trinajstić information content (AvgIpc) is 2.48. The van der Waals surface area contributed by atoms with Crippen LogP contribution in [0.5, 0.6) is 0 Å². The lowest BCUT2D eigenvalue weighted by Gasteiger charge is -2.13. The van der Waals surface area contributed by atoms with Crippen molar-refractivity contribution >= 4 is 29.7 Å². The summed E-state index contributed by atoms with van der Waals surface area (Å²) in [7, 11) is 0. The molecule has 0 atom stereocenters. The fourth-order valence-corrected chi connectivity index (χ4v) is 2.71. The fraction of sp³-hybridized carbons (Fsp3) is 0.667. The van der Waals surface area contributed by atoms with E-state index in [2.05, 4.69) is 16.7 Å². The van der Waals surface area contributed by atoms with Gasteiger partial charge in [0.2, 0.25) is 5.91 Å². The van der Waals surface area contributed by atoms with Gasteiger partial charge in [0.25, 0.3) is 0 Å². The Morgan fingerprint density at radius 2 is 2.09 bits per heavy atom. The van der Waals surface area contributed by atoms with E-state index in [0.717, 1.165) is 31.0 Å². The molecule has 1 aliphatic carbocycles. The van der Waals surface area contributed by atoms with Crippen molar-refractivity contribution in [1.82, 2.24) is 10.6 Å². The molecule has 0 heterocycles. The minimum atomic E-state index is -0.488. The second kappa shape index (κ2) is 11.1. The Morgan fingerprint density at radius 3 is 2.77 bits per heavy atom. The Hall–Kier alpha value is -1.50. The molecule has 124 valence electrons. The number of carbonyl (C=O) groups is 3. The monoisotopic (exact) mass is 328 g/mol. The first-order valence-electron chi connectivity index (χ1n) is 7.60. The number of hydrogen-bond donors (Lipinski definition) is 2. The van der Waals surface area contributed by atoms with Crippen LogP contribution in [-0.2, 0) is 14.3 Å². The third-order valence-electron chi connectivity index (χ3n) is 3.13. The van der Waals surface area contributed by atoms with Gasteiger partial charge in [-0.15, -0.1) is 11.8 Å². The van der Waals surface area contributed by atoms with E-state index in [-0.39, 0.29) is 17.5 Å². The van der Waals surface area contributed by atoms with E-state index < -0.39 is 11.9 Å². The maximum Gasteiger partial charge on any atom is 0.321 e. The Labute approximate surface area is 135 Å². The number of imide groups is 1. The summed E-state index contributed by atoms with van der Waals surface area (Å²) in [6, 6.07) is -0.488. The summed E-state index contributed by atoms with van der Waals surface area (Å²) in [6.07, 6.45) is 7.76. The SMILES string of the molecule is CCOC(=O)CSCC(=O)NC(=O)NCCC1=CCCCC1. The smallest absolute Gasteiger partial charge is 0.321 e. The van der Waals surface area contributed by atoms with Crippen LogP contribution >= 0.6 is 11.8 Å². The highest BCUT2D eigenvalue weighted by Crippen LogP contribution is 2.19. The minimum Gasteiger partial charge on any atom is -0.465 e. The van der Waals surface area contributed by atoms with Crippen LogP contribution in [0.1, 0.15) is 39.0 Å². The summed E-state index contributed by atoms with van der Waals surface area (Å²) in [4.78, 5) is 34.1. The molecular weight excluding hydrogens is 304 g/mol. The zero-order valence-corrected chi connectivity index (χ0v) is 13.8. The molecule has 0 unspecified atom stereocenters. The average molecular weight is 328 g/mol. The van der Waals surface area contributed by atoms with E-state index in [9.17, 15) is 14.4 Å². The summed E-state index contributed by atoms with van der Waals surface area (Å²) in [5.41, 5.74) is 1.38. The van der Waals surface area contributed by atoms with Gasteiger partial charge >= 0.3 is 12.0 Å². The Morgan fingerprint density at radius 1 is 1.27 bits per heavy atom. The van der Waals surface area contributed by atoms with Crippen molar-refractivity contribution in [3.05, 3.63) is 11.6 Å². The summed E-state index contributed by atoms with van der Waals surface area (Å²) >= 11 is 1.12. The fourth-order valence-electron chi connectivity index (χ4n) is 2.10. The molecule has 3 amide bonds. The number of amides is 3. The third-order valence-corrected chi connectivity index (χ3v) is 4.03. The van der Waals surface area contributed by atoms with Crippen LogP contribution in [0.15, 0.2) is 11.6 Å². The van der Waals surface area contributed by atoms with Gasteiger partial charge in [-0.25, -0.2) is 4.79 Å². The van der Waals surface area contributed by atoms with Gasteiger partial charge in [0.05, 0.1) is 18.1 Å². The summed E-state index contributed by atoms with van der Waals surface area (Å²) in [6.45, 7) is 2.58. The highest BCUT2D eigenvalue weighted by molar-refractivity contribution is 8.00. The van der Waals surface area contributed by atoms with E-state index in [4.69, 9.17) is 4.74 Å². The van der Waals surface area contributed by atoms with Gasteiger partial charge in [-0.05, 0) is 39.0 Å². The number of allylic oxidation sites excluding steroid dienone is 1. The molecule has 0 aromatic heterocycles. The van der Waals surface area contributed by atoms with Crippen LogP contribution in [0.25, 0.3) is 0 Å². The summed E-state index contributed by atoms with van der Waals surface area (Å²) < 4.78 is 4.74. The first-order chi connectivity index (χ1) is 10.6. The van der Waals surface area contributed by atoms with Crippen molar-refractivity contribution in [3.63, 3.8) is 0 Å². The molecule has 0 fully saturated rings. The quantitative estimate of drug-likeness (QED) is 0.526. The largest absolute Gasteiger partial charge is 0.465 e. The molecule has 1 rings (SSSR count). The molecule has 0 aromatic rings. The van der Waals surface area contributed by atoms with Crippen molar-refractivity contribution < 1.29 is 19.1 Å². The second-order valence-corrected chi connectivity index (χ2v) is 5.95. The van der Waals surface area contributed by atoms with Gasteiger partial charge in [-0.1, -0.05) is 11.6 Å². The lowest BCUT2D eigenvalue weighted by molar-refractivity contribution is -0.139. The second-order valence-electron chi connectivity index (χ2n) is 4.96. The number of rotatable bonds is 8. The minimum absolute atomic E-state index is 0.0530. The number of ether oxygens (including phenoxy) is 1. The van der Waals surface area contributed by atoms with Crippen LogP contribution in [-0.4, -0.2) is 42.6 Å². The standard InChI is InChI=1S/C15H24N2O4S/c1-2-21-14(19)11-22-10-13(18)17-15(20)16-9-8-12-6-4-3-5-7-12/h6H,2-5,7-11H2,1H3,(H2,16,17,18,20). The van der Waals surface area contributed by atoms with Gasteiger partial charge in [-0.3, -0.25) is 14.9 Å². The first kappa shape index (κ1) is 18.5.